The largest absolute Gasteiger partial charge is 0.465 e. The lowest BCUT2D eigenvalue weighted by atomic mass is 10.2. The lowest BCUT2D eigenvalue weighted by molar-refractivity contribution is 0.0486. The first-order valence-corrected chi connectivity index (χ1v) is 8.50. The van der Waals surface area contributed by atoms with Crippen molar-refractivity contribution in [3.8, 4) is 0 Å². The third kappa shape index (κ3) is 2.89. The molecule has 10 heteroatoms. The van der Waals surface area contributed by atoms with E-state index in [9.17, 15) is 23.0 Å². The van der Waals surface area contributed by atoms with Gasteiger partial charge >= 0.3 is 19.2 Å². The van der Waals surface area contributed by atoms with E-state index in [1.54, 1.807) is 0 Å². The van der Waals surface area contributed by atoms with E-state index in [1.165, 1.54) is 19.2 Å². The molecule has 0 saturated heterocycles. The third-order valence-electron chi connectivity index (χ3n) is 2.67. The molecular formula is C11H7BrF2O5PS. The van der Waals surface area contributed by atoms with Crippen molar-refractivity contribution in [1.82, 2.24) is 0 Å². The van der Waals surface area contributed by atoms with Gasteiger partial charge < -0.3 is 9.63 Å². The van der Waals surface area contributed by atoms with Crippen molar-refractivity contribution in [2.75, 3.05) is 7.11 Å². The zero-order valence-corrected chi connectivity index (χ0v) is 13.6. The Labute approximate surface area is 129 Å². The number of hydrogen-bond acceptors (Lipinski definition) is 4. The first-order chi connectivity index (χ1) is 9.57. The van der Waals surface area contributed by atoms with Crippen molar-refractivity contribution in [2.24, 2.45) is 0 Å². The van der Waals surface area contributed by atoms with Crippen LogP contribution in [0, 0.1) is 0 Å². The summed E-state index contributed by atoms with van der Waals surface area (Å²) in [5, 5.41) is 0.463. The van der Waals surface area contributed by atoms with Gasteiger partial charge in [0.05, 0.1) is 7.11 Å². The van der Waals surface area contributed by atoms with E-state index in [4.69, 9.17) is 4.89 Å². The Bertz CT molecular complexity index is 769. The van der Waals surface area contributed by atoms with Crippen LogP contribution in [0.3, 0.4) is 0 Å². The Balaban J connectivity index is 2.65. The Kier molecular flexibility index (Phi) is 4.25. The van der Waals surface area contributed by atoms with E-state index < -0.39 is 24.8 Å². The number of thiophene rings is 1. The summed E-state index contributed by atoms with van der Waals surface area (Å²) < 4.78 is 42.9. The van der Waals surface area contributed by atoms with Crippen LogP contribution in [-0.2, 0) is 19.9 Å². The molecule has 21 heavy (non-hydrogen) atoms. The quantitative estimate of drug-likeness (QED) is 0.621. The fourth-order valence-electron chi connectivity index (χ4n) is 1.64. The molecule has 113 valence electrons. The summed E-state index contributed by atoms with van der Waals surface area (Å²) in [6.45, 7) is 0. The van der Waals surface area contributed by atoms with Crippen molar-refractivity contribution < 1.29 is 32.7 Å². The molecule has 5 nitrogen and oxygen atoms in total. The van der Waals surface area contributed by atoms with Crippen LogP contribution in [0.25, 0.3) is 10.1 Å². The Morgan fingerprint density at radius 1 is 1.43 bits per heavy atom. The number of alkyl halides is 2. The first-order valence-electron chi connectivity index (χ1n) is 5.31. The highest BCUT2D eigenvalue weighted by Crippen LogP contribution is 2.61. The maximum Gasteiger partial charge on any atom is 0.429 e. The predicted octanol–water partition coefficient (Wildman–Crippen LogP) is 4.12. The molecule has 2 rings (SSSR count). The number of carbonyl (C=O) groups is 1. The maximum atomic E-state index is 13.7. The molecule has 0 aliphatic heterocycles. The number of ether oxygens (including phenoxy) is 1. The van der Waals surface area contributed by atoms with Crippen molar-refractivity contribution >= 4 is 50.9 Å². The molecule has 0 fully saturated rings. The van der Waals surface area contributed by atoms with Crippen LogP contribution in [0.15, 0.2) is 22.7 Å². The molecule has 2 aromatic rings. The highest BCUT2D eigenvalue weighted by Gasteiger charge is 2.53. The summed E-state index contributed by atoms with van der Waals surface area (Å²) in [6.07, 6.45) is 0. The van der Waals surface area contributed by atoms with Gasteiger partial charge in [0.15, 0.2) is 0 Å². The van der Waals surface area contributed by atoms with E-state index in [2.05, 4.69) is 20.7 Å². The zero-order valence-electron chi connectivity index (χ0n) is 10.3. The SMILES string of the molecule is COC(=O)c1cc2cc(Br)c(C(F)(F)P([O])(=O)O)cc2s1. The zero-order chi connectivity index (χ0) is 16.0. The number of hydrogen-bond donors (Lipinski definition) is 1. The minimum Gasteiger partial charge on any atom is -0.465 e. The molecule has 1 N–H and O–H groups in total. The highest BCUT2D eigenvalue weighted by molar-refractivity contribution is 9.10. The van der Waals surface area contributed by atoms with Crippen LogP contribution in [0.4, 0.5) is 8.78 Å². The van der Waals surface area contributed by atoms with Crippen LogP contribution in [-0.4, -0.2) is 18.0 Å². The Hall–Kier alpha value is -0.860. The molecule has 1 heterocycles. The summed E-state index contributed by atoms with van der Waals surface area (Å²) in [6, 6.07) is 3.60. The van der Waals surface area contributed by atoms with Gasteiger partial charge in [0.25, 0.3) is 0 Å². The van der Waals surface area contributed by atoms with E-state index in [0.29, 0.717) is 5.39 Å². The van der Waals surface area contributed by atoms with Crippen LogP contribution in [0.1, 0.15) is 15.2 Å². The summed E-state index contributed by atoms with van der Waals surface area (Å²) in [4.78, 5) is 31.1. The van der Waals surface area contributed by atoms with Gasteiger partial charge in [0.1, 0.15) is 4.88 Å². The maximum absolute atomic E-state index is 13.7. The molecule has 1 aromatic carbocycles. The van der Waals surface area contributed by atoms with Gasteiger partial charge in [-0.1, -0.05) is 15.9 Å². The average Bonchev–Trinajstić information content (AvgIpc) is 2.78. The lowest BCUT2D eigenvalue weighted by Gasteiger charge is -2.17. The van der Waals surface area contributed by atoms with E-state index in [1.807, 2.05) is 0 Å². The minimum absolute atomic E-state index is 0.189. The smallest absolute Gasteiger partial charge is 0.429 e. The lowest BCUT2D eigenvalue weighted by Crippen LogP contribution is -2.13. The summed E-state index contributed by atoms with van der Waals surface area (Å²) in [5.74, 6) is -0.628. The number of rotatable bonds is 3. The molecule has 1 radical (unpaired) electrons. The second-order valence-corrected chi connectivity index (χ2v) is 7.57. The number of methoxy groups -OCH3 is 1. The Morgan fingerprint density at radius 2 is 2.05 bits per heavy atom. The average molecular weight is 400 g/mol. The van der Waals surface area contributed by atoms with Gasteiger partial charge in [0, 0.05) is 14.7 Å². The molecule has 0 aliphatic carbocycles. The predicted molar refractivity (Wildman–Crippen MR) is 75.3 cm³/mol. The minimum atomic E-state index is -5.91. The van der Waals surface area contributed by atoms with Crippen LogP contribution < -0.4 is 0 Å². The fraction of sp³-hybridized carbons (Fsp3) is 0.182. The first kappa shape index (κ1) is 16.5. The van der Waals surface area contributed by atoms with Gasteiger partial charge in [-0.25, -0.2) is 4.79 Å². The summed E-state index contributed by atoms with van der Waals surface area (Å²) in [5.41, 5.74) is -5.33. The van der Waals surface area contributed by atoms with Gasteiger partial charge in [0.2, 0.25) is 0 Å². The molecule has 0 bridgehead atoms. The summed E-state index contributed by atoms with van der Waals surface area (Å²) >= 11 is 3.72. The molecule has 0 amide bonds. The normalized spacial score (nSPS) is 12.7. The molecule has 0 aliphatic rings. The molecule has 0 spiro atoms. The van der Waals surface area contributed by atoms with Crippen molar-refractivity contribution in [3.63, 3.8) is 0 Å². The van der Waals surface area contributed by atoms with Gasteiger partial charge in [-0.2, -0.15) is 8.78 Å². The molecular weight excluding hydrogens is 393 g/mol. The van der Waals surface area contributed by atoms with Gasteiger partial charge in [-0.15, -0.1) is 16.2 Å². The van der Waals surface area contributed by atoms with Crippen molar-refractivity contribution in [1.29, 1.82) is 0 Å². The van der Waals surface area contributed by atoms with Gasteiger partial charge in [-0.3, -0.25) is 4.57 Å². The summed E-state index contributed by atoms with van der Waals surface area (Å²) in [7, 11) is -4.73. The van der Waals surface area contributed by atoms with Crippen LogP contribution in [0.2, 0.25) is 0 Å². The van der Waals surface area contributed by atoms with E-state index >= 15 is 0 Å². The molecule has 1 atom stereocenters. The molecule has 1 unspecified atom stereocenters. The highest BCUT2D eigenvalue weighted by atomic mass is 79.9. The third-order valence-corrected chi connectivity index (χ3v) is 5.36. The standard InChI is InChI=1S/C11H7BrF2O5PS/c1-19-10(15)9-3-5-2-7(12)6(4-8(5)21-9)11(13,14)20(16,17)18/h2-4H,1H3,(H,16,17). The molecule has 1 aromatic heterocycles. The van der Waals surface area contributed by atoms with Gasteiger partial charge in [-0.05, 0) is 23.6 Å². The van der Waals surface area contributed by atoms with Crippen molar-refractivity contribution in [3.05, 3.63) is 33.1 Å². The number of benzene rings is 1. The topological polar surface area (TPSA) is 83.5 Å². The monoisotopic (exact) mass is 399 g/mol. The molecule has 0 saturated carbocycles. The van der Waals surface area contributed by atoms with E-state index in [-0.39, 0.29) is 14.0 Å². The number of halogens is 3. The Morgan fingerprint density at radius 3 is 2.57 bits per heavy atom. The van der Waals surface area contributed by atoms with Crippen LogP contribution >= 0.6 is 34.9 Å². The number of esters is 1. The number of carbonyl (C=O) groups excluding carboxylic acids is 1. The fourth-order valence-corrected chi connectivity index (χ4v) is 3.90. The van der Waals surface area contributed by atoms with Crippen LogP contribution in [0.5, 0.6) is 0 Å². The second-order valence-electron chi connectivity index (χ2n) is 4.03. The van der Waals surface area contributed by atoms with E-state index in [0.717, 1.165) is 17.4 Å². The second kappa shape index (κ2) is 5.40. The number of fused-ring (bicyclic) bond motifs is 1. The van der Waals surface area contributed by atoms with Crippen molar-refractivity contribution in [2.45, 2.75) is 5.66 Å².